The molecule has 0 spiro atoms. The number of carbonyl (C=O) groups is 1. The lowest BCUT2D eigenvalue weighted by Crippen LogP contribution is -2.43. The summed E-state index contributed by atoms with van der Waals surface area (Å²) in [6.07, 6.45) is 4.34. The van der Waals surface area contributed by atoms with Gasteiger partial charge < -0.3 is 5.32 Å². The number of hydrogen-bond acceptors (Lipinski definition) is 3. The Morgan fingerprint density at radius 2 is 1.91 bits per heavy atom. The molecule has 128 valence electrons. The highest BCUT2D eigenvalue weighted by Crippen LogP contribution is 2.23. The second-order valence-corrected chi connectivity index (χ2v) is 8.96. The second kappa shape index (κ2) is 7.47. The van der Waals surface area contributed by atoms with Crippen molar-refractivity contribution in [3.63, 3.8) is 0 Å². The Morgan fingerprint density at radius 1 is 1.22 bits per heavy atom. The first-order valence-electron chi connectivity index (χ1n) is 8.33. The van der Waals surface area contributed by atoms with E-state index < -0.39 is 15.6 Å². The van der Waals surface area contributed by atoms with Gasteiger partial charge in [0.15, 0.2) is 9.84 Å². The molecule has 1 aromatic carbocycles. The molecule has 1 N–H and O–H groups in total. The van der Waals surface area contributed by atoms with Gasteiger partial charge in [0.2, 0.25) is 5.91 Å². The van der Waals surface area contributed by atoms with Crippen molar-refractivity contribution in [1.29, 1.82) is 0 Å². The van der Waals surface area contributed by atoms with Crippen molar-refractivity contribution >= 4 is 15.7 Å². The van der Waals surface area contributed by atoms with E-state index in [-0.39, 0.29) is 17.7 Å². The van der Waals surface area contributed by atoms with E-state index in [9.17, 15) is 13.2 Å². The smallest absolute Gasteiger partial charge is 0.235 e. The van der Waals surface area contributed by atoms with Crippen molar-refractivity contribution < 1.29 is 13.2 Å². The van der Waals surface area contributed by atoms with Gasteiger partial charge in [-0.3, -0.25) is 4.79 Å². The van der Waals surface area contributed by atoms with Crippen LogP contribution >= 0.6 is 0 Å². The van der Waals surface area contributed by atoms with Crippen LogP contribution in [0.5, 0.6) is 0 Å². The summed E-state index contributed by atoms with van der Waals surface area (Å²) in [6.45, 7) is 5.95. The lowest BCUT2D eigenvalue weighted by Gasteiger charge is -2.29. The maximum absolute atomic E-state index is 12.3. The molecule has 0 radical (unpaired) electrons. The van der Waals surface area contributed by atoms with E-state index in [2.05, 4.69) is 12.2 Å². The van der Waals surface area contributed by atoms with Crippen LogP contribution in [0.15, 0.2) is 18.2 Å². The molecule has 1 aromatic rings. The van der Waals surface area contributed by atoms with Crippen LogP contribution in [0.2, 0.25) is 0 Å². The summed E-state index contributed by atoms with van der Waals surface area (Å²) in [6, 6.07) is 5.88. The number of sulfone groups is 1. The van der Waals surface area contributed by atoms with Gasteiger partial charge in [-0.05, 0) is 43.7 Å². The molecule has 1 aliphatic rings. The van der Waals surface area contributed by atoms with Gasteiger partial charge in [0.05, 0.1) is 5.75 Å². The fourth-order valence-electron chi connectivity index (χ4n) is 3.22. The Bertz CT molecular complexity index is 667. The number of benzene rings is 1. The molecule has 1 aliphatic carbocycles. The van der Waals surface area contributed by atoms with Crippen LogP contribution in [0.3, 0.4) is 0 Å². The number of nitrogens with one attached hydrogen (secondary N) is 1. The van der Waals surface area contributed by atoms with Crippen molar-refractivity contribution in [2.24, 2.45) is 5.92 Å². The highest BCUT2D eigenvalue weighted by molar-refractivity contribution is 7.91. The van der Waals surface area contributed by atoms with Crippen molar-refractivity contribution in [3.8, 4) is 0 Å². The second-order valence-electron chi connectivity index (χ2n) is 6.90. The average molecular weight is 337 g/mol. The number of aryl methyl sites for hydroxylation is 2. The van der Waals surface area contributed by atoms with E-state index in [1.807, 2.05) is 32.0 Å². The van der Waals surface area contributed by atoms with Crippen LogP contribution in [0.4, 0.5) is 0 Å². The molecule has 5 heteroatoms. The van der Waals surface area contributed by atoms with Gasteiger partial charge in [-0.1, -0.05) is 43.5 Å². The zero-order chi connectivity index (χ0) is 17.0. The Hall–Kier alpha value is -1.36. The van der Waals surface area contributed by atoms with Gasteiger partial charge >= 0.3 is 0 Å². The minimum atomic E-state index is -3.45. The Morgan fingerprint density at radius 3 is 2.61 bits per heavy atom. The molecule has 4 nitrogen and oxygen atoms in total. The molecule has 2 rings (SSSR count). The number of hydrogen-bond donors (Lipinski definition) is 1. The molecule has 0 heterocycles. The van der Waals surface area contributed by atoms with E-state index in [1.165, 1.54) is 6.42 Å². The zero-order valence-electron chi connectivity index (χ0n) is 14.3. The van der Waals surface area contributed by atoms with E-state index in [4.69, 9.17) is 0 Å². The van der Waals surface area contributed by atoms with Crippen molar-refractivity contribution in [2.45, 2.75) is 58.2 Å². The van der Waals surface area contributed by atoms with E-state index >= 15 is 0 Å². The highest BCUT2D eigenvalue weighted by Gasteiger charge is 2.25. The zero-order valence-corrected chi connectivity index (χ0v) is 15.1. The van der Waals surface area contributed by atoms with Crippen LogP contribution < -0.4 is 5.32 Å². The van der Waals surface area contributed by atoms with Crippen LogP contribution in [-0.4, -0.2) is 26.1 Å². The molecule has 2 atom stereocenters. The molecule has 23 heavy (non-hydrogen) atoms. The largest absolute Gasteiger partial charge is 0.352 e. The molecule has 0 saturated heterocycles. The fourth-order valence-corrected chi connectivity index (χ4v) is 4.59. The summed E-state index contributed by atoms with van der Waals surface area (Å²) in [5, 5.41) is 2.92. The maximum Gasteiger partial charge on any atom is 0.235 e. The van der Waals surface area contributed by atoms with E-state index in [0.717, 1.165) is 36.0 Å². The maximum atomic E-state index is 12.3. The van der Waals surface area contributed by atoms with Crippen LogP contribution in [-0.2, 0) is 20.4 Å². The Balaban J connectivity index is 1.97. The number of carbonyl (C=O) groups excluding carboxylic acids is 1. The van der Waals surface area contributed by atoms with Crippen molar-refractivity contribution in [1.82, 2.24) is 5.32 Å². The quantitative estimate of drug-likeness (QED) is 0.898. The molecule has 0 aliphatic heterocycles. The van der Waals surface area contributed by atoms with Crippen LogP contribution in [0.25, 0.3) is 0 Å². The Labute approximate surface area is 139 Å². The minimum absolute atomic E-state index is 0.0752. The standard InChI is InChI=1S/C18H27NO3S/c1-13-8-9-14(2)16(10-13)11-23(21,22)12-18(20)19-17-7-5-4-6-15(17)3/h8-10,15,17H,4-7,11-12H2,1-3H3,(H,19,20). The lowest BCUT2D eigenvalue weighted by molar-refractivity contribution is -0.119. The van der Waals surface area contributed by atoms with Gasteiger partial charge in [0.25, 0.3) is 0 Å². The average Bonchev–Trinajstić information content (AvgIpc) is 2.44. The summed E-state index contributed by atoms with van der Waals surface area (Å²) in [7, 11) is -3.45. The summed E-state index contributed by atoms with van der Waals surface area (Å²) in [5.74, 6) is -0.443. The van der Waals surface area contributed by atoms with Gasteiger partial charge in [-0.2, -0.15) is 0 Å². The third-order valence-corrected chi connectivity index (χ3v) is 6.14. The van der Waals surface area contributed by atoms with Crippen LogP contribution in [0.1, 0.15) is 49.3 Å². The highest BCUT2D eigenvalue weighted by atomic mass is 32.2. The first kappa shape index (κ1) is 18.0. The van der Waals surface area contributed by atoms with Crippen molar-refractivity contribution in [3.05, 3.63) is 34.9 Å². The molecule has 1 fully saturated rings. The van der Waals surface area contributed by atoms with Crippen molar-refractivity contribution in [2.75, 3.05) is 5.75 Å². The Kier molecular flexibility index (Phi) is 5.84. The third kappa shape index (κ3) is 5.34. The molecular weight excluding hydrogens is 310 g/mol. The predicted molar refractivity (Wildman–Crippen MR) is 93.0 cm³/mol. The first-order valence-corrected chi connectivity index (χ1v) is 10.1. The SMILES string of the molecule is Cc1ccc(C)c(CS(=O)(=O)CC(=O)NC2CCCCC2C)c1. The first-order chi connectivity index (χ1) is 10.8. The fraction of sp³-hybridized carbons (Fsp3) is 0.611. The monoisotopic (exact) mass is 337 g/mol. The molecule has 0 aromatic heterocycles. The predicted octanol–water partition coefficient (Wildman–Crippen LogP) is 2.91. The summed E-state index contributed by atoms with van der Waals surface area (Å²) < 4.78 is 24.7. The molecule has 0 bridgehead atoms. The third-order valence-electron chi connectivity index (χ3n) is 4.69. The number of rotatable bonds is 5. The van der Waals surface area contributed by atoms with E-state index in [1.54, 1.807) is 0 Å². The van der Waals surface area contributed by atoms with Gasteiger partial charge in [-0.15, -0.1) is 0 Å². The van der Waals surface area contributed by atoms with Crippen LogP contribution in [0, 0.1) is 19.8 Å². The van der Waals surface area contributed by atoms with E-state index in [0.29, 0.717) is 5.92 Å². The molecular formula is C18H27NO3S. The molecule has 1 saturated carbocycles. The normalized spacial score (nSPS) is 21.9. The molecule has 1 amide bonds. The summed E-state index contributed by atoms with van der Waals surface area (Å²) in [5.41, 5.74) is 2.76. The lowest BCUT2D eigenvalue weighted by atomic mass is 9.86. The number of amides is 1. The van der Waals surface area contributed by atoms with Gasteiger partial charge in [-0.25, -0.2) is 8.42 Å². The minimum Gasteiger partial charge on any atom is -0.352 e. The summed E-state index contributed by atoms with van der Waals surface area (Å²) >= 11 is 0. The van der Waals surface area contributed by atoms with Gasteiger partial charge in [0.1, 0.15) is 5.75 Å². The molecule has 2 unspecified atom stereocenters. The summed E-state index contributed by atoms with van der Waals surface area (Å²) in [4.78, 5) is 12.1. The van der Waals surface area contributed by atoms with Gasteiger partial charge in [0, 0.05) is 6.04 Å². The topological polar surface area (TPSA) is 63.2 Å².